The average molecular weight is 415 g/mol. The van der Waals surface area contributed by atoms with Gasteiger partial charge in [-0.25, -0.2) is 24.9 Å². The van der Waals surface area contributed by atoms with Crippen LogP contribution < -0.4 is 0 Å². The van der Waals surface area contributed by atoms with E-state index < -0.39 is 28.3 Å². The first-order chi connectivity index (χ1) is 10.8. The molecule has 0 aliphatic carbocycles. The Morgan fingerprint density at radius 2 is 1.65 bits per heavy atom. The first-order valence-corrected chi connectivity index (χ1v) is 10.2. The van der Waals surface area contributed by atoms with Crippen LogP contribution in [0.15, 0.2) is 35.6 Å². The summed E-state index contributed by atoms with van der Waals surface area (Å²) in [6.45, 7) is 1.49. The summed E-state index contributed by atoms with van der Waals surface area (Å²) in [5, 5.41) is 8.59. The van der Waals surface area contributed by atoms with E-state index in [1.807, 2.05) is 0 Å². The highest BCUT2D eigenvalue weighted by Crippen LogP contribution is 2.17. The maximum absolute atomic E-state index is 12.1. The summed E-state index contributed by atoms with van der Waals surface area (Å²) in [6, 6.07) is 5.54. The van der Waals surface area contributed by atoms with Crippen LogP contribution in [0.4, 0.5) is 0 Å². The normalized spacial score (nSPS) is 10.7. The van der Waals surface area contributed by atoms with E-state index in [2.05, 4.69) is 4.74 Å². The summed E-state index contributed by atoms with van der Waals surface area (Å²) >= 11 is 10.5. The maximum Gasteiger partial charge on any atom is 0.495 e. The number of ether oxygens (including phenoxy) is 1. The Morgan fingerprint density at radius 3 is 2.04 bits per heavy atom. The lowest BCUT2D eigenvalue weighted by Gasteiger charge is -2.07. The third-order valence-corrected chi connectivity index (χ3v) is 2.67. The van der Waals surface area contributed by atoms with Gasteiger partial charge in [-0.15, -0.1) is 0 Å². The Hall–Kier alpha value is -0.738. The van der Waals surface area contributed by atoms with E-state index in [0.717, 1.165) is 0 Å². The van der Waals surface area contributed by atoms with Crippen molar-refractivity contribution in [1.29, 1.82) is 0 Å². The number of halogens is 4. The number of allylic oxidation sites excluding steroid dienone is 1. The largest absolute Gasteiger partial charge is 0.503 e. The number of benzene rings is 1. The molecular weight excluding hydrogens is 405 g/mol. The lowest BCUT2D eigenvalue weighted by molar-refractivity contribution is -0.138. The molecule has 1 rings (SSSR count). The second kappa shape index (κ2) is 11.7. The van der Waals surface area contributed by atoms with Crippen molar-refractivity contribution in [2.75, 3.05) is 6.61 Å². The van der Waals surface area contributed by atoms with Gasteiger partial charge in [-0.05, 0) is 42.8 Å². The minimum atomic E-state index is -1.32. The molecule has 10 heteroatoms. The van der Waals surface area contributed by atoms with Crippen LogP contribution in [-0.2, 0) is 14.3 Å². The van der Waals surface area contributed by atoms with Crippen molar-refractivity contribution in [3.05, 3.63) is 46.2 Å². The van der Waals surface area contributed by atoms with Crippen LogP contribution in [0.1, 0.15) is 17.3 Å². The average Bonchev–Trinajstić information content (AvgIpc) is 2.49. The highest BCUT2D eigenvalue weighted by atomic mass is 35.7. The molecule has 5 nitrogen and oxygen atoms in total. The van der Waals surface area contributed by atoms with Gasteiger partial charge < -0.3 is 9.84 Å². The van der Waals surface area contributed by atoms with Gasteiger partial charge >= 0.3 is 19.3 Å². The molecule has 1 aromatic carbocycles. The van der Waals surface area contributed by atoms with Gasteiger partial charge in [-0.3, -0.25) is 9.59 Å². The molecule has 23 heavy (non-hydrogen) atoms. The van der Waals surface area contributed by atoms with E-state index in [0.29, 0.717) is 5.02 Å². The predicted molar refractivity (Wildman–Crippen MR) is 90.4 cm³/mol. The highest BCUT2D eigenvalue weighted by Gasteiger charge is 2.28. The third-order valence-electron chi connectivity index (χ3n) is 2.24. The highest BCUT2D eigenvalue weighted by molar-refractivity contribution is 7.22. The molecule has 0 amide bonds. The van der Waals surface area contributed by atoms with E-state index >= 15 is 0 Å². The fourth-order valence-electron chi connectivity index (χ4n) is 1.34. The monoisotopic (exact) mass is 413 g/mol. The van der Waals surface area contributed by atoms with Crippen molar-refractivity contribution in [2.45, 2.75) is 6.92 Å². The molecule has 1 N–H and O–H groups in total. The van der Waals surface area contributed by atoms with Gasteiger partial charge in [0.2, 0.25) is 5.78 Å². The second-order valence-electron chi connectivity index (χ2n) is 3.64. The van der Waals surface area contributed by atoms with Crippen molar-refractivity contribution < 1.29 is 24.2 Å². The van der Waals surface area contributed by atoms with Crippen LogP contribution in [0, 0.1) is 0 Å². The summed E-state index contributed by atoms with van der Waals surface area (Å²) < 4.78 is 4.63. The van der Waals surface area contributed by atoms with Crippen LogP contribution in [0.2, 0.25) is 5.02 Å². The molecular formula is C13H10AlCl4O5. The zero-order valence-electron chi connectivity index (χ0n) is 11.7. The van der Waals surface area contributed by atoms with Crippen molar-refractivity contribution in [1.82, 2.24) is 0 Å². The van der Waals surface area contributed by atoms with Crippen molar-refractivity contribution in [3.8, 4) is 0 Å². The number of carbonyl (C=O) groups excluding carboxylic acids is 3. The van der Waals surface area contributed by atoms with Gasteiger partial charge in [-0.1, -0.05) is 11.6 Å². The second-order valence-corrected chi connectivity index (χ2v) is 6.56. The van der Waals surface area contributed by atoms with Crippen LogP contribution in [0.3, 0.4) is 0 Å². The van der Waals surface area contributed by atoms with Crippen molar-refractivity contribution in [2.24, 2.45) is 0 Å². The molecule has 0 bridgehead atoms. The van der Waals surface area contributed by atoms with E-state index in [9.17, 15) is 19.5 Å². The SMILES string of the molecule is CCOC(=O)/C(C(=O)c1ccc(Cl)cc1)=C(/O)C(=O)Cl.[Cl][Al][Cl]. The minimum Gasteiger partial charge on any atom is -0.503 e. The minimum absolute atomic E-state index is 0.0278. The van der Waals surface area contributed by atoms with Gasteiger partial charge in [0.15, 0.2) is 11.3 Å². The molecule has 0 spiro atoms. The molecule has 0 aliphatic rings. The van der Waals surface area contributed by atoms with Crippen LogP contribution >= 0.6 is 43.3 Å². The number of aliphatic hydroxyl groups excluding tert-OH is 1. The van der Waals surface area contributed by atoms with E-state index in [1.165, 1.54) is 31.2 Å². The summed E-state index contributed by atoms with van der Waals surface area (Å²) in [6.07, 6.45) is 0. The Labute approximate surface area is 157 Å². The number of carbonyl (C=O) groups is 3. The smallest absolute Gasteiger partial charge is 0.495 e. The maximum atomic E-state index is 12.1. The van der Waals surface area contributed by atoms with Gasteiger partial charge in [0.1, 0.15) is 0 Å². The summed E-state index contributed by atoms with van der Waals surface area (Å²) in [5.74, 6) is -3.16. The molecule has 0 heterocycles. The quantitative estimate of drug-likeness (QED) is 0.116. The Balaban J connectivity index is 0.00000149. The fraction of sp³-hybridized carbons (Fsp3) is 0.154. The molecule has 0 saturated heterocycles. The third kappa shape index (κ3) is 7.58. The topological polar surface area (TPSA) is 80.7 Å². The summed E-state index contributed by atoms with van der Waals surface area (Å²) in [4.78, 5) is 34.8. The molecule has 0 saturated carbocycles. The Kier molecular flexibility index (Phi) is 11.4. The molecule has 1 radical (unpaired) electrons. The number of hydrogen-bond donors (Lipinski definition) is 1. The molecule has 0 aromatic heterocycles. The van der Waals surface area contributed by atoms with E-state index in [-0.39, 0.29) is 25.5 Å². The van der Waals surface area contributed by atoms with Crippen LogP contribution in [0.25, 0.3) is 0 Å². The Morgan fingerprint density at radius 1 is 1.17 bits per heavy atom. The lowest BCUT2D eigenvalue weighted by Crippen LogP contribution is -2.20. The summed E-state index contributed by atoms with van der Waals surface area (Å²) in [7, 11) is 9.69. The van der Waals surface area contributed by atoms with Gasteiger partial charge in [0, 0.05) is 10.6 Å². The number of aliphatic hydroxyl groups is 1. The number of rotatable bonds is 5. The first-order valence-electron chi connectivity index (χ1n) is 5.92. The number of hydrogen-bond acceptors (Lipinski definition) is 5. The fourth-order valence-corrected chi connectivity index (χ4v) is 1.56. The first kappa shape index (κ1) is 22.3. The molecule has 123 valence electrons. The Bertz CT molecular complexity index is 601. The number of Topliss-reactive ketones (excluding diaryl/α,β-unsaturated/α-hetero) is 1. The zero-order chi connectivity index (χ0) is 18.0. The van der Waals surface area contributed by atoms with Gasteiger partial charge in [-0.2, -0.15) is 0 Å². The molecule has 0 atom stereocenters. The number of esters is 1. The van der Waals surface area contributed by atoms with Crippen LogP contribution in [-0.4, -0.2) is 42.1 Å². The van der Waals surface area contributed by atoms with Crippen molar-refractivity contribution >= 4 is 73.7 Å². The van der Waals surface area contributed by atoms with Gasteiger partial charge in [0.05, 0.1) is 6.61 Å². The van der Waals surface area contributed by atoms with E-state index in [1.54, 1.807) is 0 Å². The standard InChI is InChI=1S/C13H10Cl2O5.Al.2ClH/c1-2-20-13(19)9(11(17)12(15)18)10(16)7-3-5-8(14)6-4-7;;;/h3-6,17H,2H2,1H3;;2*1H/q;+2;;/p-2/b11-9+;;;. The predicted octanol–water partition coefficient (Wildman–Crippen LogP) is 3.66. The number of ketones is 1. The molecule has 0 fully saturated rings. The van der Waals surface area contributed by atoms with Crippen molar-refractivity contribution in [3.63, 3.8) is 0 Å². The summed E-state index contributed by atoms with van der Waals surface area (Å²) in [5.41, 5.74) is -0.754. The molecule has 1 aromatic rings. The lowest BCUT2D eigenvalue weighted by atomic mass is 10.0. The molecule has 0 unspecified atom stereocenters. The van der Waals surface area contributed by atoms with Crippen LogP contribution in [0.5, 0.6) is 0 Å². The zero-order valence-corrected chi connectivity index (χ0v) is 15.9. The van der Waals surface area contributed by atoms with Gasteiger partial charge in [0.25, 0.3) is 5.24 Å². The molecule has 0 aliphatic heterocycles. The van der Waals surface area contributed by atoms with E-state index in [4.69, 9.17) is 43.3 Å².